The zero-order chi connectivity index (χ0) is 12.2. The van der Waals surface area contributed by atoms with Gasteiger partial charge in [-0.2, -0.15) is 5.10 Å². The van der Waals surface area contributed by atoms with E-state index in [1.54, 1.807) is 24.0 Å². The summed E-state index contributed by atoms with van der Waals surface area (Å²) in [5.41, 5.74) is 5.80. The lowest BCUT2D eigenvalue weighted by Gasteiger charge is -2.22. The molecule has 0 aliphatic carbocycles. The standard InChI is InChI=1S/C11H20N4O/c1-4-6-11(3,12)10(16)14-9-7-13-15(5-2)8-9/h7-8H,4-6,12H2,1-3H3,(H,14,16). The topological polar surface area (TPSA) is 72.9 Å². The maximum atomic E-state index is 11.8. The summed E-state index contributed by atoms with van der Waals surface area (Å²) in [6.45, 7) is 6.52. The lowest BCUT2D eigenvalue weighted by Crippen LogP contribution is -2.48. The van der Waals surface area contributed by atoms with Crippen molar-refractivity contribution in [2.24, 2.45) is 5.73 Å². The second-order valence-electron chi connectivity index (χ2n) is 4.21. The summed E-state index contributed by atoms with van der Waals surface area (Å²) in [6.07, 6.45) is 4.97. The largest absolute Gasteiger partial charge is 0.322 e. The van der Waals surface area contributed by atoms with Crippen LogP contribution in [0.25, 0.3) is 0 Å². The normalized spacial score (nSPS) is 14.5. The van der Waals surface area contributed by atoms with E-state index in [4.69, 9.17) is 5.73 Å². The Kier molecular flexibility index (Phi) is 4.06. The summed E-state index contributed by atoms with van der Waals surface area (Å²) in [5, 5.41) is 6.85. The Morgan fingerprint density at radius 1 is 1.62 bits per heavy atom. The van der Waals surface area contributed by atoms with Gasteiger partial charge in [-0.15, -0.1) is 0 Å². The van der Waals surface area contributed by atoms with Gasteiger partial charge >= 0.3 is 0 Å². The first-order valence-corrected chi connectivity index (χ1v) is 5.62. The molecule has 0 saturated heterocycles. The summed E-state index contributed by atoms with van der Waals surface area (Å²) < 4.78 is 1.75. The molecule has 1 heterocycles. The third-order valence-electron chi connectivity index (χ3n) is 2.50. The van der Waals surface area contributed by atoms with Crippen molar-refractivity contribution in [3.63, 3.8) is 0 Å². The Balaban J connectivity index is 2.63. The Morgan fingerprint density at radius 2 is 2.31 bits per heavy atom. The number of amides is 1. The van der Waals surface area contributed by atoms with Crippen molar-refractivity contribution in [2.75, 3.05) is 5.32 Å². The van der Waals surface area contributed by atoms with Gasteiger partial charge in [-0.1, -0.05) is 13.3 Å². The van der Waals surface area contributed by atoms with Crippen molar-refractivity contribution in [1.82, 2.24) is 9.78 Å². The molecule has 90 valence electrons. The molecule has 1 rings (SSSR count). The van der Waals surface area contributed by atoms with Crippen LogP contribution in [-0.2, 0) is 11.3 Å². The van der Waals surface area contributed by atoms with Gasteiger partial charge in [0.05, 0.1) is 17.4 Å². The fourth-order valence-electron chi connectivity index (χ4n) is 1.51. The molecular weight excluding hydrogens is 204 g/mol. The van der Waals surface area contributed by atoms with Crippen LogP contribution in [0.3, 0.4) is 0 Å². The molecule has 0 fully saturated rings. The van der Waals surface area contributed by atoms with E-state index in [1.807, 2.05) is 13.8 Å². The van der Waals surface area contributed by atoms with Gasteiger partial charge in [0.15, 0.2) is 0 Å². The number of aromatic nitrogens is 2. The summed E-state index contributed by atoms with van der Waals surface area (Å²) >= 11 is 0. The van der Waals surface area contributed by atoms with E-state index < -0.39 is 5.54 Å². The second kappa shape index (κ2) is 5.12. The number of hydrogen-bond acceptors (Lipinski definition) is 3. The van der Waals surface area contributed by atoms with Gasteiger partial charge in [-0.3, -0.25) is 9.48 Å². The molecule has 1 aromatic rings. The van der Waals surface area contributed by atoms with Gasteiger partial charge in [0.25, 0.3) is 0 Å². The molecule has 5 heteroatoms. The molecule has 0 spiro atoms. The molecule has 3 N–H and O–H groups in total. The molecule has 0 aromatic carbocycles. The zero-order valence-corrected chi connectivity index (χ0v) is 10.2. The number of nitrogens with zero attached hydrogens (tertiary/aromatic N) is 2. The van der Waals surface area contributed by atoms with Gasteiger partial charge < -0.3 is 11.1 Å². The monoisotopic (exact) mass is 224 g/mol. The zero-order valence-electron chi connectivity index (χ0n) is 10.2. The minimum atomic E-state index is -0.816. The van der Waals surface area contributed by atoms with Gasteiger partial charge in [0.2, 0.25) is 5.91 Å². The van der Waals surface area contributed by atoms with Gasteiger partial charge in [-0.25, -0.2) is 0 Å². The number of anilines is 1. The van der Waals surface area contributed by atoms with Crippen LogP contribution in [0.4, 0.5) is 5.69 Å². The number of nitrogens with two attached hydrogens (primary N) is 1. The van der Waals surface area contributed by atoms with Crippen molar-refractivity contribution >= 4 is 11.6 Å². The Labute approximate surface area is 96.0 Å². The highest BCUT2D eigenvalue weighted by Gasteiger charge is 2.27. The minimum Gasteiger partial charge on any atom is -0.322 e. The van der Waals surface area contributed by atoms with Crippen LogP contribution in [0.2, 0.25) is 0 Å². The van der Waals surface area contributed by atoms with Crippen molar-refractivity contribution in [3.8, 4) is 0 Å². The predicted molar refractivity (Wildman–Crippen MR) is 64.0 cm³/mol. The first-order valence-electron chi connectivity index (χ1n) is 5.62. The molecule has 0 aliphatic heterocycles. The molecule has 16 heavy (non-hydrogen) atoms. The number of hydrogen-bond donors (Lipinski definition) is 2. The van der Waals surface area contributed by atoms with Crippen LogP contribution in [-0.4, -0.2) is 21.2 Å². The second-order valence-corrected chi connectivity index (χ2v) is 4.21. The van der Waals surface area contributed by atoms with E-state index in [9.17, 15) is 4.79 Å². The van der Waals surface area contributed by atoms with Crippen LogP contribution in [0.5, 0.6) is 0 Å². The average Bonchev–Trinajstić information content (AvgIpc) is 2.65. The molecule has 0 bridgehead atoms. The average molecular weight is 224 g/mol. The number of carbonyl (C=O) groups is 1. The van der Waals surface area contributed by atoms with E-state index in [0.29, 0.717) is 12.1 Å². The molecule has 1 unspecified atom stereocenters. The van der Waals surface area contributed by atoms with Crippen LogP contribution < -0.4 is 11.1 Å². The fourth-order valence-corrected chi connectivity index (χ4v) is 1.51. The van der Waals surface area contributed by atoms with Crippen molar-refractivity contribution < 1.29 is 4.79 Å². The number of carbonyl (C=O) groups excluding carboxylic acids is 1. The Bertz CT molecular complexity index is 357. The van der Waals surface area contributed by atoms with E-state index in [2.05, 4.69) is 10.4 Å². The van der Waals surface area contributed by atoms with E-state index in [1.165, 1.54) is 0 Å². The summed E-state index contributed by atoms with van der Waals surface area (Å²) in [4.78, 5) is 11.8. The summed E-state index contributed by atoms with van der Waals surface area (Å²) in [6, 6.07) is 0. The third kappa shape index (κ3) is 3.06. The Hall–Kier alpha value is -1.36. The number of nitrogens with one attached hydrogen (secondary N) is 1. The van der Waals surface area contributed by atoms with Crippen LogP contribution in [0.1, 0.15) is 33.6 Å². The highest BCUT2D eigenvalue weighted by molar-refractivity contribution is 5.97. The molecule has 5 nitrogen and oxygen atoms in total. The van der Waals surface area contributed by atoms with Gasteiger partial charge in [-0.05, 0) is 20.3 Å². The molecule has 1 atom stereocenters. The van der Waals surface area contributed by atoms with Crippen LogP contribution in [0.15, 0.2) is 12.4 Å². The van der Waals surface area contributed by atoms with E-state index in [0.717, 1.165) is 13.0 Å². The number of aryl methyl sites for hydroxylation is 1. The molecule has 1 aromatic heterocycles. The third-order valence-corrected chi connectivity index (χ3v) is 2.50. The molecule has 0 radical (unpaired) electrons. The minimum absolute atomic E-state index is 0.162. The van der Waals surface area contributed by atoms with Crippen molar-refractivity contribution in [2.45, 2.75) is 45.7 Å². The lowest BCUT2D eigenvalue weighted by molar-refractivity contribution is -0.120. The fraction of sp³-hybridized carbons (Fsp3) is 0.636. The quantitative estimate of drug-likeness (QED) is 0.793. The summed E-state index contributed by atoms with van der Waals surface area (Å²) in [7, 11) is 0. The van der Waals surface area contributed by atoms with E-state index in [-0.39, 0.29) is 5.91 Å². The highest BCUT2D eigenvalue weighted by Crippen LogP contribution is 2.13. The molecule has 1 amide bonds. The van der Waals surface area contributed by atoms with Crippen LogP contribution >= 0.6 is 0 Å². The summed E-state index contributed by atoms with van der Waals surface area (Å²) in [5.74, 6) is -0.162. The van der Waals surface area contributed by atoms with E-state index >= 15 is 0 Å². The van der Waals surface area contributed by atoms with Crippen LogP contribution in [0, 0.1) is 0 Å². The van der Waals surface area contributed by atoms with Gasteiger partial charge in [0.1, 0.15) is 0 Å². The van der Waals surface area contributed by atoms with Gasteiger partial charge in [0, 0.05) is 12.7 Å². The number of rotatable bonds is 5. The maximum absolute atomic E-state index is 11.8. The van der Waals surface area contributed by atoms with Crippen molar-refractivity contribution in [3.05, 3.63) is 12.4 Å². The molecule has 0 aliphatic rings. The first-order chi connectivity index (χ1) is 7.49. The lowest BCUT2D eigenvalue weighted by atomic mass is 9.96. The highest BCUT2D eigenvalue weighted by atomic mass is 16.2. The van der Waals surface area contributed by atoms with Crippen molar-refractivity contribution in [1.29, 1.82) is 0 Å². The smallest absolute Gasteiger partial charge is 0.244 e. The predicted octanol–water partition coefficient (Wildman–Crippen LogP) is 1.36. The Morgan fingerprint density at radius 3 is 2.81 bits per heavy atom. The maximum Gasteiger partial charge on any atom is 0.244 e. The first kappa shape index (κ1) is 12.7. The SMILES string of the molecule is CCCC(C)(N)C(=O)Nc1cnn(CC)c1. The molecule has 0 saturated carbocycles. The molecular formula is C11H20N4O.